The van der Waals surface area contributed by atoms with E-state index in [-0.39, 0.29) is 18.3 Å². The van der Waals surface area contributed by atoms with Crippen molar-refractivity contribution in [2.24, 2.45) is 11.8 Å². The number of hydrogen-bond acceptors (Lipinski definition) is 4. The highest BCUT2D eigenvalue weighted by molar-refractivity contribution is 7.93. The van der Waals surface area contributed by atoms with Crippen LogP contribution in [0.4, 0.5) is 0 Å². The molecule has 0 radical (unpaired) electrons. The summed E-state index contributed by atoms with van der Waals surface area (Å²) in [5.41, 5.74) is 1.65. The lowest BCUT2D eigenvalue weighted by atomic mass is 10.0. The minimum atomic E-state index is -3.72. The van der Waals surface area contributed by atoms with E-state index in [1.807, 2.05) is 30.9 Å². The highest BCUT2D eigenvalue weighted by atomic mass is 35.5. The third kappa shape index (κ3) is 3.19. The van der Waals surface area contributed by atoms with Crippen molar-refractivity contribution in [2.45, 2.75) is 49.2 Å². The Balaban J connectivity index is 0.00000210. The predicted molar refractivity (Wildman–Crippen MR) is 108 cm³/mol. The van der Waals surface area contributed by atoms with Crippen LogP contribution < -0.4 is 5.32 Å². The van der Waals surface area contributed by atoms with E-state index in [9.17, 15) is 13.2 Å². The first-order chi connectivity index (χ1) is 12.3. The van der Waals surface area contributed by atoms with Gasteiger partial charge in [0.1, 0.15) is 0 Å². The summed E-state index contributed by atoms with van der Waals surface area (Å²) in [5.74, 6) is 0.798. The fraction of sp³-hybridized carbons (Fsp3) is 0.650. The molecule has 1 aliphatic carbocycles. The molecule has 3 fully saturated rings. The van der Waals surface area contributed by atoms with Crippen LogP contribution in [-0.2, 0) is 14.6 Å². The van der Waals surface area contributed by atoms with Gasteiger partial charge in [0, 0.05) is 26.2 Å². The Labute approximate surface area is 168 Å². The lowest BCUT2D eigenvalue weighted by Gasteiger charge is -2.33. The van der Waals surface area contributed by atoms with E-state index >= 15 is 0 Å². The Bertz CT molecular complexity index is 822. The molecular weight excluding hydrogens is 384 g/mol. The fourth-order valence-electron chi connectivity index (χ4n) is 5.06. The largest absolute Gasteiger partial charge is 0.341 e. The summed E-state index contributed by atoms with van der Waals surface area (Å²) < 4.78 is 26.2. The quantitative estimate of drug-likeness (QED) is 0.828. The smallest absolute Gasteiger partial charge is 0.244 e. The first kappa shape index (κ1) is 20.6. The van der Waals surface area contributed by atoms with Crippen LogP contribution in [0, 0.1) is 25.7 Å². The summed E-state index contributed by atoms with van der Waals surface area (Å²) >= 11 is 0. The number of aryl methyl sites for hydroxylation is 2. The number of nitrogens with one attached hydrogen (secondary N) is 1. The van der Waals surface area contributed by atoms with Crippen molar-refractivity contribution in [3.8, 4) is 0 Å². The Hall–Kier alpha value is -1.11. The molecule has 27 heavy (non-hydrogen) atoms. The molecule has 4 rings (SSSR count). The number of carbonyl (C=O) groups excluding carboxylic acids is 1. The molecule has 2 aliphatic heterocycles. The van der Waals surface area contributed by atoms with Crippen LogP contribution in [0.5, 0.6) is 0 Å². The van der Waals surface area contributed by atoms with Crippen LogP contribution in [-0.4, -0.2) is 50.2 Å². The summed E-state index contributed by atoms with van der Waals surface area (Å²) in [5, 5.41) is 3.38. The molecular formula is C20H29ClN2O3S. The zero-order chi connectivity index (χ0) is 18.5. The number of fused-ring (bicyclic) bond motifs is 1. The van der Waals surface area contributed by atoms with Crippen molar-refractivity contribution in [2.75, 3.05) is 26.2 Å². The van der Waals surface area contributed by atoms with Crippen LogP contribution >= 0.6 is 12.4 Å². The maximum Gasteiger partial charge on any atom is 0.244 e. The number of hydrogen-bond donors (Lipinski definition) is 1. The molecule has 150 valence electrons. The SMILES string of the molecule is Cc1ccc(C)c(S(=O)(=O)C2(C(=O)N3C[C@H]4CNC[C@H]4C3)CCCC2)c1.Cl. The van der Waals surface area contributed by atoms with Crippen LogP contribution in [0.1, 0.15) is 36.8 Å². The molecule has 0 spiro atoms. The minimum Gasteiger partial charge on any atom is -0.341 e. The number of nitrogens with zero attached hydrogens (tertiary/aromatic N) is 1. The number of rotatable bonds is 3. The van der Waals surface area contributed by atoms with Gasteiger partial charge in [0.25, 0.3) is 0 Å². The van der Waals surface area contributed by atoms with Crippen molar-refractivity contribution in [3.63, 3.8) is 0 Å². The average molecular weight is 413 g/mol. The number of halogens is 1. The summed E-state index contributed by atoms with van der Waals surface area (Å²) in [6.45, 7) is 6.99. The van der Waals surface area contributed by atoms with Crippen LogP contribution in [0.25, 0.3) is 0 Å². The molecule has 1 amide bonds. The molecule has 1 saturated carbocycles. The number of amides is 1. The average Bonchev–Trinajstić information content (AvgIpc) is 3.32. The maximum absolute atomic E-state index is 13.7. The van der Waals surface area contributed by atoms with Gasteiger partial charge in [0.15, 0.2) is 14.6 Å². The third-order valence-electron chi connectivity index (χ3n) is 6.63. The zero-order valence-corrected chi connectivity index (χ0v) is 17.7. The molecule has 1 aromatic rings. The summed E-state index contributed by atoms with van der Waals surface area (Å²) in [6.07, 6.45) is 2.51. The Morgan fingerprint density at radius 1 is 1.11 bits per heavy atom. The first-order valence-corrected chi connectivity index (χ1v) is 11.2. The molecule has 1 aromatic carbocycles. The highest BCUT2D eigenvalue weighted by Gasteiger charge is 2.56. The number of carbonyl (C=O) groups is 1. The van der Waals surface area contributed by atoms with Crippen LogP contribution in [0.2, 0.25) is 0 Å². The molecule has 3 aliphatic rings. The second-order valence-corrected chi connectivity index (χ2v) is 10.6. The Kier molecular flexibility index (Phi) is 5.63. The summed E-state index contributed by atoms with van der Waals surface area (Å²) in [7, 11) is -3.72. The van der Waals surface area contributed by atoms with Crippen LogP contribution in [0.15, 0.2) is 23.1 Å². The standard InChI is InChI=1S/C20H28N2O3S.ClH/c1-14-5-6-15(2)18(9-14)26(24,25)20(7-3-4-8-20)19(23)22-12-16-10-21-11-17(16)13-22;/h5-6,9,16-17,21H,3-4,7-8,10-13H2,1-2H3;1H/t16-,17+;. The number of benzene rings is 1. The molecule has 0 unspecified atom stereocenters. The van der Waals surface area contributed by atoms with E-state index < -0.39 is 14.6 Å². The highest BCUT2D eigenvalue weighted by Crippen LogP contribution is 2.44. The van der Waals surface area contributed by atoms with E-state index in [1.54, 1.807) is 6.07 Å². The second kappa shape index (κ2) is 7.37. The zero-order valence-electron chi connectivity index (χ0n) is 16.0. The number of likely N-dealkylation sites (tertiary alicyclic amines) is 1. The molecule has 5 nitrogen and oxygen atoms in total. The van der Waals surface area contributed by atoms with Gasteiger partial charge in [-0.2, -0.15) is 0 Å². The first-order valence-electron chi connectivity index (χ1n) is 9.67. The Morgan fingerprint density at radius 2 is 1.70 bits per heavy atom. The number of sulfone groups is 1. The molecule has 2 atom stereocenters. The maximum atomic E-state index is 13.7. The van der Waals surface area contributed by atoms with Crippen molar-refractivity contribution in [1.82, 2.24) is 10.2 Å². The van der Waals surface area contributed by atoms with Gasteiger partial charge in [-0.25, -0.2) is 8.42 Å². The van der Waals surface area contributed by atoms with E-state index in [0.717, 1.165) is 37.1 Å². The van der Waals surface area contributed by atoms with Gasteiger partial charge >= 0.3 is 0 Å². The van der Waals surface area contributed by atoms with Gasteiger partial charge in [-0.05, 0) is 55.7 Å². The lowest BCUT2D eigenvalue weighted by Crippen LogP contribution is -2.52. The molecule has 7 heteroatoms. The monoisotopic (exact) mass is 412 g/mol. The molecule has 0 bridgehead atoms. The molecule has 2 heterocycles. The molecule has 1 N–H and O–H groups in total. The van der Waals surface area contributed by atoms with Gasteiger partial charge in [0.2, 0.25) is 5.91 Å². The molecule has 2 saturated heterocycles. The molecule has 0 aromatic heterocycles. The normalized spacial score (nSPS) is 26.7. The topological polar surface area (TPSA) is 66.5 Å². The van der Waals surface area contributed by atoms with Gasteiger partial charge < -0.3 is 10.2 Å². The van der Waals surface area contributed by atoms with E-state index in [4.69, 9.17) is 0 Å². The van der Waals surface area contributed by atoms with Crippen molar-refractivity contribution >= 4 is 28.2 Å². The minimum absolute atomic E-state index is 0. The third-order valence-corrected chi connectivity index (χ3v) is 9.26. The van der Waals surface area contributed by atoms with E-state index in [1.165, 1.54) is 0 Å². The predicted octanol–water partition coefficient (Wildman–Crippen LogP) is 2.49. The fourth-order valence-corrected chi connectivity index (χ4v) is 7.50. The van der Waals surface area contributed by atoms with Gasteiger partial charge in [-0.15, -0.1) is 12.4 Å². The summed E-state index contributed by atoms with van der Waals surface area (Å²) in [6, 6.07) is 5.51. The van der Waals surface area contributed by atoms with Crippen molar-refractivity contribution in [1.29, 1.82) is 0 Å². The van der Waals surface area contributed by atoms with Crippen molar-refractivity contribution < 1.29 is 13.2 Å². The van der Waals surface area contributed by atoms with Gasteiger partial charge in [0.05, 0.1) is 4.90 Å². The Morgan fingerprint density at radius 3 is 2.30 bits per heavy atom. The van der Waals surface area contributed by atoms with Crippen LogP contribution in [0.3, 0.4) is 0 Å². The van der Waals surface area contributed by atoms with Gasteiger partial charge in [-0.3, -0.25) is 4.79 Å². The summed E-state index contributed by atoms with van der Waals surface area (Å²) in [4.78, 5) is 15.7. The lowest BCUT2D eigenvalue weighted by molar-refractivity contribution is -0.133. The van der Waals surface area contributed by atoms with Crippen molar-refractivity contribution in [3.05, 3.63) is 29.3 Å². The second-order valence-electron chi connectivity index (χ2n) is 8.36. The van der Waals surface area contributed by atoms with E-state index in [0.29, 0.717) is 42.7 Å². The van der Waals surface area contributed by atoms with E-state index in [2.05, 4.69) is 5.32 Å². The van der Waals surface area contributed by atoms with Gasteiger partial charge in [-0.1, -0.05) is 25.0 Å².